The lowest BCUT2D eigenvalue weighted by molar-refractivity contribution is -0.384. The van der Waals surface area contributed by atoms with E-state index >= 15 is 0 Å². The Morgan fingerprint density at radius 2 is 1.74 bits per heavy atom. The summed E-state index contributed by atoms with van der Waals surface area (Å²) < 4.78 is 12.0. The summed E-state index contributed by atoms with van der Waals surface area (Å²) in [6.45, 7) is 8.28. The van der Waals surface area contributed by atoms with Gasteiger partial charge in [0.05, 0.1) is 16.1 Å². The minimum atomic E-state index is -0.685. The number of nitro groups is 1. The Labute approximate surface area is 159 Å². The molecule has 0 amide bonds. The highest BCUT2D eigenvalue weighted by Gasteiger charge is 2.52. The molecule has 7 nitrogen and oxygen atoms in total. The number of aromatic nitrogens is 1. The SMILES string of the molecule is CN(Cc1ccccc1)c1ncc(B2OC(C)(C)C(C)(C)O2)cc1[N+](=O)[O-]. The summed E-state index contributed by atoms with van der Waals surface area (Å²) in [6.07, 6.45) is 1.59. The third-order valence-corrected chi connectivity index (χ3v) is 5.21. The number of pyridine rings is 1. The van der Waals surface area contributed by atoms with Crippen molar-refractivity contribution in [1.82, 2.24) is 4.98 Å². The zero-order valence-corrected chi connectivity index (χ0v) is 16.3. The minimum absolute atomic E-state index is 0.0688. The number of hydrogen-bond acceptors (Lipinski definition) is 6. The predicted octanol–water partition coefficient (Wildman–Crippen LogP) is 2.93. The van der Waals surface area contributed by atoms with Crippen molar-refractivity contribution in [2.75, 3.05) is 11.9 Å². The number of nitrogens with zero attached hydrogens (tertiary/aromatic N) is 3. The van der Waals surface area contributed by atoms with Gasteiger partial charge < -0.3 is 14.2 Å². The highest BCUT2D eigenvalue weighted by Crippen LogP contribution is 2.37. The fourth-order valence-electron chi connectivity index (χ4n) is 2.93. The van der Waals surface area contributed by atoms with Crippen molar-refractivity contribution >= 4 is 24.1 Å². The van der Waals surface area contributed by atoms with Gasteiger partial charge in [0.25, 0.3) is 0 Å². The molecule has 8 heteroatoms. The molecule has 1 saturated heterocycles. The molecule has 0 aliphatic carbocycles. The van der Waals surface area contributed by atoms with Gasteiger partial charge in [0, 0.05) is 31.3 Å². The van der Waals surface area contributed by atoms with Crippen LogP contribution in [0.5, 0.6) is 0 Å². The van der Waals surface area contributed by atoms with E-state index in [0.717, 1.165) is 5.56 Å². The summed E-state index contributed by atoms with van der Waals surface area (Å²) in [6, 6.07) is 11.2. The topological polar surface area (TPSA) is 77.7 Å². The van der Waals surface area contributed by atoms with Gasteiger partial charge in [-0.3, -0.25) is 10.1 Å². The molecule has 0 bridgehead atoms. The van der Waals surface area contributed by atoms with Crippen LogP contribution in [-0.2, 0) is 15.9 Å². The number of benzene rings is 1. The fourth-order valence-corrected chi connectivity index (χ4v) is 2.93. The van der Waals surface area contributed by atoms with E-state index < -0.39 is 23.2 Å². The van der Waals surface area contributed by atoms with Crippen LogP contribution in [0.25, 0.3) is 0 Å². The van der Waals surface area contributed by atoms with Crippen LogP contribution in [0.2, 0.25) is 0 Å². The first-order valence-corrected chi connectivity index (χ1v) is 8.86. The molecule has 2 heterocycles. The Balaban J connectivity index is 1.89. The lowest BCUT2D eigenvalue weighted by Crippen LogP contribution is -2.41. The van der Waals surface area contributed by atoms with Gasteiger partial charge in [0.2, 0.25) is 5.82 Å². The van der Waals surface area contributed by atoms with Crippen LogP contribution in [0, 0.1) is 10.1 Å². The molecule has 1 aliphatic rings. The van der Waals surface area contributed by atoms with Crippen molar-refractivity contribution in [3.8, 4) is 0 Å². The van der Waals surface area contributed by atoms with E-state index in [1.54, 1.807) is 18.1 Å². The number of rotatable bonds is 5. The van der Waals surface area contributed by atoms with E-state index in [0.29, 0.717) is 17.8 Å². The maximum Gasteiger partial charge on any atom is 0.496 e. The number of hydrogen-bond donors (Lipinski definition) is 0. The van der Waals surface area contributed by atoms with Crippen LogP contribution in [0.1, 0.15) is 33.3 Å². The number of anilines is 1. The second kappa shape index (κ2) is 6.94. The summed E-state index contributed by atoms with van der Waals surface area (Å²) >= 11 is 0. The summed E-state index contributed by atoms with van der Waals surface area (Å²) in [5.41, 5.74) is 0.480. The van der Waals surface area contributed by atoms with Crippen molar-refractivity contribution in [3.05, 3.63) is 58.3 Å². The molecular weight excluding hydrogens is 345 g/mol. The Hall–Kier alpha value is -2.45. The lowest BCUT2D eigenvalue weighted by Gasteiger charge is -2.32. The van der Waals surface area contributed by atoms with Crippen LogP contribution < -0.4 is 10.4 Å². The Bertz CT molecular complexity index is 826. The quantitative estimate of drug-likeness (QED) is 0.458. The van der Waals surface area contributed by atoms with Gasteiger partial charge in [0.15, 0.2) is 0 Å². The van der Waals surface area contributed by atoms with E-state index in [-0.39, 0.29) is 5.69 Å². The summed E-state index contributed by atoms with van der Waals surface area (Å²) in [7, 11) is 1.10. The molecule has 0 N–H and O–H groups in total. The smallest absolute Gasteiger partial charge is 0.399 e. The lowest BCUT2D eigenvalue weighted by atomic mass is 9.80. The van der Waals surface area contributed by atoms with Crippen LogP contribution in [0.4, 0.5) is 11.5 Å². The molecule has 0 atom stereocenters. The van der Waals surface area contributed by atoms with E-state index in [4.69, 9.17) is 9.31 Å². The van der Waals surface area contributed by atoms with Gasteiger partial charge in [-0.05, 0) is 33.3 Å². The van der Waals surface area contributed by atoms with Crippen LogP contribution >= 0.6 is 0 Å². The minimum Gasteiger partial charge on any atom is -0.399 e. The molecule has 1 fully saturated rings. The normalized spacial score (nSPS) is 17.7. The van der Waals surface area contributed by atoms with Gasteiger partial charge >= 0.3 is 12.8 Å². The van der Waals surface area contributed by atoms with E-state index in [1.807, 2.05) is 58.0 Å². The molecule has 27 heavy (non-hydrogen) atoms. The van der Waals surface area contributed by atoms with Crippen LogP contribution in [0.15, 0.2) is 42.6 Å². The predicted molar refractivity (Wildman–Crippen MR) is 105 cm³/mol. The Morgan fingerprint density at radius 1 is 1.15 bits per heavy atom. The van der Waals surface area contributed by atoms with Gasteiger partial charge in [-0.2, -0.15) is 0 Å². The average molecular weight is 369 g/mol. The van der Waals surface area contributed by atoms with E-state index in [2.05, 4.69) is 4.98 Å². The molecule has 0 radical (unpaired) electrons. The second-order valence-electron chi connectivity index (χ2n) is 7.80. The maximum atomic E-state index is 11.7. The van der Waals surface area contributed by atoms with Crippen molar-refractivity contribution in [2.24, 2.45) is 0 Å². The average Bonchev–Trinajstić information content (AvgIpc) is 2.83. The van der Waals surface area contributed by atoms with Crippen LogP contribution in [0.3, 0.4) is 0 Å². The third kappa shape index (κ3) is 3.82. The first-order chi connectivity index (χ1) is 12.6. The van der Waals surface area contributed by atoms with E-state index in [1.165, 1.54) is 6.07 Å². The van der Waals surface area contributed by atoms with Crippen LogP contribution in [-0.4, -0.2) is 35.3 Å². The molecule has 0 spiro atoms. The van der Waals surface area contributed by atoms with Crippen molar-refractivity contribution in [1.29, 1.82) is 0 Å². The zero-order chi connectivity index (χ0) is 19.8. The first-order valence-electron chi connectivity index (χ1n) is 8.86. The second-order valence-corrected chi connectivity index (χ2v) is 7.80. The van der Waals surface area contributed by atoms with Crippen molar-refractivity contribution < 1.29 is 14.2 Å². The summed E-state index contributed by atoms with van der Waals surface area (Å²) in [5, 5.41) is 11.7. The van der Waals surface area contributed by atoms with Gasteiger partial charge in [-0.15, -0.1) is 0 Å². The van der Waals surface area contributed by atoms with Gasteiger partial charge in [0.1, 0.15) is 0 Å². The highest BCUT2D eigenvalue weighted by atomic mass is 16.7. The molecule has 2 aromatic rings. The largest absolute Gasteiger partial charge is 0.496 e. The monoisotopic (exact) mass is 369 g/mol. The Kier molecular flexibility index (Phi) is 4.97. The molecule has 1 aromatic carbocycles. The molecule has 142 valence electrons. The molecule has 1 aliphatic heterocycles. The first kappa shape index (κ1) is 19.3. The molecule has 0 unspecified atom stereocenters. The highest BCUT2D eigenvalue weighted by molar-refractivity contribution is 6.62. The fraction of sp³-hybridized carbons (Fsp3) is 0.421. The zero-order valence-electron chi connectivity index (χ0n) is 16.3. The molecule has 1 aromatic heterocycles. The molecule has 3 rings (SSSR count). The van der Waals surface area contributed by atoms with Crippen molar-refractivity contribution in [2.45, 2.75) is 45.4 Å². The molecular formula is C19H24BN3O4. The summed E-state index contributed by atoms with van der Waals surface area (Å²) in [4.78, 5) is 17.4. The van der Waals surface area contributed by atoms with Gasteiger partial charge in [-0.25, -0.2) is 4.98 Å². The van der Waals surface area contributed by atoms with Crippen molar-refractivity contribution in [3.63, 3.8) is 0 Å². The maximum absolute atomic E-state index is 11.7. The standard InChI is InChI=1S/C19H24BN3O4/c1-18(2)19(3,4)27-20(26-18)15-11-16(23(24)25)17(21-12-15)22(5)13-14-9-7-6-8-10-14/h6-12H,13H2,1-5H3. The molecule has 0 saturated carbocycles. The van der Waals surface area contributed by atoms with E-state index in [9.17, 15) is 10.1 Å². The summed E-state index contributed by atoms with van der Waals surface area (Å²) in [5.74, 6) is 0.309. The van der Waals surface area contributed by atoms with Gasteiger partial charge in [-0.1, -0.05) is 30.3 Å². The third-order valence-electron chi connectivity index (χ3n) is 5.21. The Morgan fingerprint density at radius 3 is 2.30 bits per heavy atom.